The van der Waals surface area contributed by atoms with E-state index in [4.69, 9.17) is 4.74 Å². The Bertz CT molecular complexity index is 320. The summed E-state index contributed by atoms with van der Waals surface area (Å²) in [6.45, 7) is 3.85. The Morgan fingerprint density at radius 2 is 2.06 bits per heavy atom. The summed E-state index contributed by atoms with van der Waals surface area (Å²) in [5, 5.41) is 0. The number of fused-ring (bicyclic) bond motifs is 2. The maximum atomic E-state index is 11.9. The van der Waals surface area contributed by atoms with E-state index in [1.165, 1.54) is 32.4 Å². The lowest BCUT2D eigenvalue weighted by Crippen LogP contribution is -2.28. The van der Waals surface area contributed by atoms with Gasteiger partial charge in [-0.05, 0) is 50.6 Å². The molecule has 0 amide bonds. The third kappa shape index (κ3) is 2.39. The average molecular weight is 235 g/mol. The molecule has 0 aromatic carbocycles. The maximum absolute atomic E-state index is 11.9. The molecule has 0 N–H and O–H groups in total. The Morgan fingerprint density at radius 3 is 2.71 bits per heavy atom. The van der Waals surface area contributed by atoms with E-state index in [9.17, 15) is 4.79 Å². The topological polar surface area (TPSA) is 29.5 Å². The number of allylic oxidation sites excluding steroid dienone is 2. The number of esters is 1. The van der Waals surface area contributed by atoms with Crippen molar-refractivity contribution in [1.29, 1.82) is 0 Å². The van der Waals surface area contributed by atoms with E-state index in [-0.39, 0.29) is 11.9 Å². The van der Waals surface area contributed by atoms with Crippen LogP contribution in [0.25, 0.3) is 0 Å². The minimum absolute atomic E-state index is 0.0426. The van der Waals surface area contributed by atoms with Crippen molar-refractivity contribution in [3.8, 4) is 0 Å². The second kappa shape index (κ2) is 4.81. The molecule has 3 unspecified atom stereocenters. The standard InChI is InChI=1S/C14H21NO2/c16-14(13-10-11-3-4-12(13)9-11)17-8-7-15-5-1-2-6-15/h3-4,11-13H,1-2,5-10H2. The quantitative estimate of drug-likeness (QED) is 0.550. The molecule has 1 aliphatic heterocycles. The molecule has 3 heteroatoms. The fourth-order valence-corrected chi connectivity index (χ4v) is 3.44. The molecule has 17 heavy (non-hydrogen) atoms. The van der Waals surface area contributed by atoms with Gasteiger partial charge in [0.15, 0.2) is 0 Å². The summed E-state index contributed by atoms with van der Waals surface area (Å²) in [7, 11) is 0. The van der Waals surface area contributed by atoms with Crippen molar-refractivity contribution in [2.24, 2.45) is 17.8 Å². The minimum atomic E-state index is 0.0426. The molecule has 1 heterocycles. The monoisotopic (exact) mass is 235 g/mol. The van der Waals surface area contributed by atoms with Crippen LogP contribution in [-0.2, 0) is 9.53 Å². The third-order valence-electron chi connectivity index (χ3n) is 4.43. The number of nitrogens with zero attached hydrogens (tertiary/aromatic N) is 1. The van der Waals surface area contributed by atoms with Crippen molar-refractivity contribution in [1.82, 2.24) is 4.90 Å². The van der Waals surface area contributed by atoms with Crippen molar-refractivity contribution in [3.05, 3.63) is 12.2 Å². The van der Waals surface area contributed by atoms with Gasteiger partial charge in [-0.2, -0.15) is 0 Å². The molecule has 2 bridgehead atoms. The van der Waals surface area contributed by atoms with Gasteiger partial charge in [0.25, 0.3) is 0 Å². The lowest BCUT2D eigenvalue weighted by molar-refractivity contribution is -0.149. The maximum Gasteiger partial charge on any atom is 0.309 e. The summed E-state index contributed by atoms with van der Waals surface area (Å²) in [4.78, 5) is 14.3. The van der Waals surface area contributed by atoms with E-state index in [0.29, 0.717) is 18.4 Å². The smallest absolute Gasteiger partial charge is 0.309 e. The summed E-state index contributed by atoms with van der Waals surface area (Å²) in [6.07, 6.45) is 9.26. The first-order chi connectivity index (χ1) is 8.33. The number of likely N-dealkylation sites (tertiary alicyclic amines) is 1. The van der Waals surface area contributed by atoms with Gasteiger partial charge in [0.05, 0.1) is 5.92 Å². The van der Waals surface area contributed by atoms with Gasteiger partial charge >= 0.3 is 5.97 Å². The van der Waals surface area contributed by atoms with Crippen LogP contribution in [-0.4, -0.2) is 37.1 Å². The van der Waals surface area contributed by atoms with E-state index in [1.807, 2.05) is 0 Å². The Kier molecular flexibility index (Phi) is 3.19. The van der Waals surface area contributed by atoms with Crippen LogP contribution >= 0.6 is 0 Å². The molecule has 1 saturated heterocycles. The van der Waals surface area contributed by atoms with Crippen LogP contribution in [0.4, 0.5) is 0 Å². The number of carbonyl (C=O) groups excluding carboxylic acids is 1. The van der Waals surface area contributed by atoms with Gasteiger partial charge in [0.2, 0.25) is 0 Å². The summed E-state index contributed by atoms with van der Waals surface area (Å²) in [5.74, 6) is 1.32. The second-order valence-corrected chi connectivity index (χ2v) is 5.60. The number of hydrogen-bond donors (Lipinski definition) is 0. The van der Waals surface area contributed by atoms with Crippen LogP contribution in [0.3, 0.4) is 0 Å². The van der Waals surface area contributed by atoms with Crippen molar-refractivity contribution < 1.29 is 9.53 Å². The van der Waals surface area contributed by atoms with Crippen LogP contribution in [0.5, 0.6) is 0 Å². The second-order valence-electron chi connectivity index (χ2n) is 5.60. The average Bonchev–Trinajstić information content (AvgIpc) is 3.05. The molecule has 0 aromatic heterocycles. The number of carbonyl (C=O) groups is 1. The summed E-state index contributed by atoms with van der Waals surface area (Å²) < 4.78 is 5.43. The molecule has 94 valence electrons. The highest BCUT2D eigenvalue weighted by Crippen LogP contribution is 2.43. The Balaban J connectivity index is 1.40. The van der Waals surface area contributed by atoms with Crippen LogP contribution in [0, 0.1) is 17.8 Å². The molecule has 3 rings (SSSR count). The number of ether oxygens (including phenoxy) is 1. The lowest BCUT2D eigenvalue weighted by atomic mass is 9.94. The fourth-order valence-electron chi connectivity index (χ4n) is 3.44. The lowest BCUT2D eigenvalue weighted by Gasteiger charge is -2.18. The van der Waals surface area contributed by atoms with Gasteiger partial charge in [0, 0.05) is 6.54 Å². The normalized spacial score (nSPS) is 35.6. The van der Waals surface area contributed by atoms with E-state index in [0.717, 1.165) is 13.0 Å². The zero-order chi connectivity index (χ0) is 11.7. The first kappa shape index (κ1) is 11.3. The van der Waals surface area contributed by atoms with Gasteiger partial charge in [-0.25, -0.2) is 0 Å². The molecular weight excluding hydrogens is 214 g/mol. The van der Waals surface area contributed by atoms with Crippen molar-refractivity contribution >= 4 is 5.97 Å². The predicted molar refractivity (Wildman–Crippen MR) is 65.5 cm³/mol. The third-order valence-corrected chi connectivity index (χ3v) is 4.43. The van der Waals surface area contributed by atoms with Gasteiger partial charge in [0.1, 0.15) is 6.61 Å². The van der Waals surface area contributed by atoms with Gasteiger partial charge in [-0.1, -0.05) is 12.2 Å². The van der Waals surface area contributed by atoms with E-state index in [1.54, 1.807) is 0 Å². The molecule has 3 nitrogen and oxygen atoms in total. The molecule has 0 radical (unpaired) electrons. The molecule has 3 atom stereocenters. The Labute approximate surface area is 103 Å². The highest BCUT2D eigenvalue weighted by atomic mass is 16.5. The molecule has 1 saturated carbocycles. The zero-order valence-electron chi connectivity index (χ0n) is 10.3. The predicted octanol–water partition coefficient (Wildman–Crippen LogP) is 1.84. The van der Waals surface area contributed by atoms with Crippen molar-refractivity contribution in [2.75, 3.05) is 26.2 Å². The van der Waals surface area contributed by atoms with Gasteiger partial charge in [-0.3, -0.25) is 9.69 Å². The molecule has 2 fully saturated rings. The van der Waals surface area contributed by atoms with E-state index < -0.39 is 0 Å². The van der Waals surface area contributed by atoms with Crippen LogP contribution in [0.1, 0.15) is 25.7 Å². The molecule has 0 spiro atoms. The van der Waals surface area contributed by atoms with Crippen molar-refractivity contribution in [3.63, 3.8) is 0 Å². The SMILES string of the molecule is O=C(OCCN1CCCC1)C1CC2C=CC1C2. The van der Waals surface area contributed by atoms with E-state index >= 15 is 0 Å². The minimum Gasteiger partial charge on any atom is -0.464 e. The Hall–Kier alpha value is -0.830. The molecule has 2 aliphatic carbocycles. The molecule has 0 aromatic rings. The molecular formula is C14H21NO2. The van der Waals surface area contributed by atoms with Gasteiger partial charge < -0.3 is 4.74 Å². The zero-order valence-corrected chi connectivity index (χ0v) is 10.3. The van der Waals surface area contributed by atoms with Crippen LogP contribution in [0.15, 0.2) is 12.2 Å². The number of hydrogen-bond acceptors (Lipinski definition) is 3. The first-order valence-electron chi connectivity index (χ1n) is 6.90. The molecule has 3 aliphatic rings. The van der Waals surface area contributed by atoms with Crippen molar-refractivity contribution in [2.45, 2.75) is 25.7 Å². The fraction of sp³-hybridized carbons (Fsp3) is 0.786. The van der Waals surface area contributed by atoms with Gasteiger partial charge in [-0.15, -0.1) is 0 Å². The highest BCUT2D eigenvalue weighted by Gasteiger charge is 2.40. The summed E-state index contributed by atoms with van der Waals surface area (Å²) in [5.41, 5.74) is 0. The van der Waals surface area contributed by atoms with Crippen LogP contribution in [0.2, 0.25) is 0 Å². The highest BCUT2D eigenvalue weighted by molar-refractivity contribution is 5.74. The largest absolute Gasteiger partial charge is 0.464 e. The van der Waals surface area contributed by atoms with E-state index in [2.05, 4.69) is 17.1 Å². The first-order valence-corrected chi connectivity index (χ1v) is 6.90. The number of rotatable bonds is 4. The Morgan fingerprint density at radius 1 is 1.24 bits per heavy atom. The summed E-state index contributed by atoms with van der Waals surface area (Å²) in [6, 6.07) is 0. The summed E-state index contributed by atoms with van der Waals surface area (Å²) >= 11 is 0. The van der Waals surface area contributed by atoms with Crippen LogP contribution < -0.4 is 0 Å².